The fraction of sp³-hybridized carbons (Fsp3) is 0. The molecule has 3 rings (SSSR count). The molecule has 3 nitrogen and oxygen atoms in total. The zero-order valence-corrected chi connectivity index (χ0v) is 13.7. The van der Waals surface area contributed by atoms with E-state index in [4.69, 9.17) is 33.7 Å². The molecule has 0 aliphatic carbocycles. The Balaban J connectivity index is 2.13. The highest BCUT2D eigenvalue weighted by atomic mass is 79.9. The van der Waals surface area contributed by atoms with E-state index in [1.165, 1.54) is 0 Å². The molecule has 1 heterocycles. The number of halogens is 3. The molecule has 1 aromatic heterocycles. The van der Waals surface area contributed by atoms with Gasteiger partial charge in [0.25, 0.3) is 0 Å². The van der Waals surface area contributed by atoms with Crippen molar-refractivity contribution in [3.63, 3.8) is 0 Å². The fourth-order valence-electron chi connectivity index (χ4n) is 1.95. The van der Waals surface area contributed by atoms with Crippen molar-refractivity contribution in [2.24, 2.45) is 0 Å². The second kappa shape index (κ2) is 5.72. The highest BCUT2D eigenvalue weighted by Crippen LogP contribution is 2.36. The van der Waals surface area contributed by atoms with Crippen LogP contribution in [-0.2, 0) is 0 Å². The maximum absolute atomic E-state index is 6.12. The molecule has 106 valence electrons. The lowest BCUT2D eigenvalue weighted by molar-refractivity contribution is 0.487. The van der Waals surface area contributed by atoms with Crippen LogP contribution in [0.25, 0.3) is 10.9 Å². The molecule has 0 radical (unpaired) electrons. The number of anilines is 1. The third-order valence-electron chi connectivity index (χ3n) is 2.93. The van der Waals surface area contributed by atoms with Crippen LogP contribution in [0.15, 0.2) is 47.1 Å². The molecule has 0 atom stereocenters. The Morgan fingerprint density at radius 2 is 1.86 bits per heavy atom. The summed E-state index contributed by atoms with van der Waals surface area (Å²) in [6.45, 7) is 0. The van der Waals surface area contributed by atoms with Crippen LogP contribution in [0, 0.1) is 0 Å². The van der Waals surface area contributed by atoms with Crippen LogP contribution in [0.1, 0.15) is 0 Å². The number of nitrogens with two attached hydrogens (primary N) is 1. The van der Waals surface area contributed by atoms with Crippen LogP contribution >= 0.6 is 39.1 Å². The van der Waals surface area contributed by atoms with Gasteiger partial charge < -0.3 is 10.5 Å². The SMILES string of the molecule is Nc1ccc(Oc2cc(Cl)ccc2Cl)c2ncc(Br)cc12. The fourth-order valence-corrected chi connectivity index (χ4v) is 2.60. The van der Waals surface area contributed by atoms with Gasteiger partial charge in [-0.15, -0.1) is 0 Å². The lowest BCUT2D eigenvalue weighted by Crippen LogP contribution is -1.93. The molecule has 0 amide bonds. The van der Waals surface area contributed by atoms with Gasteiger partial charge in [0, 0.05) is 32.8 Å². The molecule has 0 aliphatic heterocycles. The van der Waals surface area contributed by atoms with Crippen molar-refractivity contribution in [3.8, 4) is 11.5 Å². The molecule has 0 bridgehead atoms. The first-order valence-corrected chi connectivity index (χ1v) is 7.56. The molecule has 21 heavy (non-hydrogen) atoms. The summed E-state index contributed by atoms with van der Waals surface area (Å²) in [6, 6.07) is 10.5. The van der Waals surface area contributed by atoms with Gasteiger partial charge in [-0.25, -0.2) is 0 Å². The van der Waals surface area contributed by atoms with Crippen molar-refractivity contribution in [2.75, 3.05) is 5.73 Å². The average Bonchev–Trinajstić information content (AvgIpc) is 2.46. The first-order chi connectivity index (χ1) is 10.0. The minimum Gasteiger partial charge on any atom is -0.453 e. The van der Waals surface area contributed by atoms with Crippen molar-refractivity contribution in [3.05, 3.63) is 57.1 Å². The number of ether oxygens (including phenoxy) is 1. The summed E-state index contributed by atoms with van der Waals surface area (Å²) in [5, 5.41) is 1.83. The first-order valence-electron chi connectivity index (χ1n) is 6.01. The van der Waals surface area contributed by atoms with Crippen LogP contribution in [0.2, 0.25) is 10.0 Å². The topological polar surface area (TPSA) is 48.1 Å². The quantitative estimate of drug-likeness (QED) is 0.579. The number of nitrogens with zero attached hydrogens (tertiary/aromatic N) is 1. The van der Waals surface area contributed by atoms with Crippen LogP contribution in [0.3, 0.4) is 0 Å². The van der Waals surface area contributed by atoms with E-state index in [1.807, 2.05) is 6.07 Å². The summed E-state index contributed by atoms with van der Waals surface area (Å²) in [5.74, 6) is 1.04. The predicted molar refractivity (Wildman–Crippen MR) is 90.4 cm³/mol. The molecule has 0 unspecified atom stereocenters. The number of rotatable bonds is 2. The van der Waals surface area contributed by atoms with Gasteiger partial charge in [0.2, 0.25) is 0 Å². The van der Waals surface area contributed by atoms with E-state index in [0.29, 0.717) is 32.7 Å². The van der Waals surface area contributed by atoms with Gasteiger partial charge in [0.1, 0.15) is 11.3 Å². The average molecular weight is 384 g/mol. The third kappa shape index (κ3) is 2.93. The number of aromatic nitrogens is 1. The summed E-state index contributed by atoms with van der Waals surface area (Å²) >= 11 is 15.5. The second-order valence-electron chi connectivity index (χ2n) is 4.38. The Hall–Kier alpha value is -1.49. The number of hydrogen-bond acceptors (Lipinski definition) is 3. The Bertz CT molecular complexity index is 839. The lowest BCUT2D eigenvalue weighted by atomic mass is 10.1. The molecule has 3 aromatic rings. The molecule has 2 aromatic carbocycles. The highest BCUT2D eigenvalue weighted by molar-refractivity contribution is 9.10. The normalized spacial score (nSPS) is 10.8. The van der Waals surface area contributed by atoms with E-state index in [1.54, 1.807) is 36.5 Å². The van der Waals surface area contributed by atoms with Crippen LogP contribution in [-0.4, -0.2) is 4.98 Å². The largest absolute Gasteiger partial charge is 0.453 e. The Labute approximate surface area is 139 Å². The van der Waals surface area contributed by atoms with Crippen molar-refractivity contribution in [2.45, 2.75) is 0 Å². The number of pyridine rings is 1. The summed E-state index contributed by atoms with van der Waals surface area (Å²) < 4.78 is 6.70. The van der Waals surface area contributed by atoms with Crippen molar-refractivity contribution < 1.29 is 4.74 Å². The molecular weight excluding hydrogens is 375 g/mol. The van der Waals surface area contributed by atoms with E-state index < -0.39 is 0 Å². The number of hydrogen-bond donors (Lipinski definition) is 1. The van der Waals surface area contributed by atoms with Gasteiger partial charge in [0.05, 0.1) is 5.02 Å². The lowest BCUT2D eigenvalue weighted by Gasteiger charge is -2.11. The van der Waals surface area contributed by atoms with Gasteiger partial charge in [-0.1, -0.05) is 23.2 Å². The second-order valence-corrected chi connectivity index (χ2v) is 6.14. The number of benzene rings is 2. The van der Waals surface area contributed by atoms with Crippen molar-refractivity contribution >= 4 is 55.7 Å². The van der Waals surface area contributed by atoms with Crippen molar-refractivity contribution in [1.29, 1.82) is 0 Å². The maximum Gasteiger partial charge on any atom is 0.153 e. The minimum atomic E-state index is 0.472. The van der Waals surface area contributed by atoms with E-state index in [9.17, 15) is 0 Å². The summed E-state index contributed by atoms with van der Waals surface area (Å²) in [7, 11) is 0. The third-order valence-corrected chi connectivity index (χ3v) is 3.91. The molecular formula is C15H9BrCl2N2O. The zero-order valence-electron chi connectivity index (χ0n) is 10.6. The summed E-state index contributed by atoms with van der Waals surface area (Å²) in [4.78, 5) is 4.36. The van der Waals surface area contributed by atoms with Gasteiger partial charge in [0.15, 0.2) is 5.75 Å². The van der Waals surface area contributed by atoms with Crippen LogP contribution in [0.4, 0.5) is 5.69 Å². The summed E-state index contributed by atoms with van der Waals surface area (Å²) in [5.41, 5.74) is 7.27. The Morgan fingerprint density at radius 1 is 1.05 bits per heavy atom. The molecule has 6 heteroatoms. The summed E-state index contributed by atoms with van der Waals surface area (Å²) in [6.07, 6.45) is 1.69. The molecule has 0 fully saturated rings. The molecule has 0 saturated carbocycles. The molecule has 0 aliphatic rings. The van der Waals surface area contributed by atoms with Gasteiger partial charge in [-0.05, 0) is 46.3 Å². The standard InChI is InChI=1S/C15H9BrCl2N2O/c16-8-5-10-12(19)3-4-13(15(10)20-7-8)21-14-6-9(17)1-2-11(14)18/h1-7H,19H2. The van der Waals surface area contributed by atoms with Gasteiger partial charge in [-0.3, -0.25) is 4.98 Å². The Morgan fingerprint density at radius 3 is 2.67 bits per heavy atom. The monoisotopic (exact) mass is 382 g/mol. The van der Waals surface area contributed by atoms with Gasteiger partial charge >= 0.3 is 0 Å². The molecule has 0 spiro atoms. The number of nitrogen functional groups attached to an aromatic ring is 1. The number of fused-ring (bicyclic) bond motifs is 1. The molecule has 0 saturated heterocycles. The van der Waals surface area contributed by atoms with E-state index >= 15 is 0 Å². The predicted octanol–water partition coefficient (Wildman–Crippen LogP) is 5.68. The Kier molecular flexibility index (Phi) is 3.93. The zero-order chi connectivity index (χ0) is 15.0. The van der Waals surface area contributed by atoms with E-state index in [0.717, 1.165) is 9.86 Å². The minimum absolute atomic E-state index is 0.472. The smallest absolute Gasteiger partial charge is 0.153 e. The molecule has 2 N–H and O–H groups in total. The van der Waals surface area contributed by atoms with E-state index in [-0.39, 0.29) is 0 Å². The van der Waals surface area contributed by atoms with Crippen molar-refractivity contribution in [1.82, 2.24) is 4.98 Å². The van der Waals surface area contributed by atoms with Crippen LogP contribution < -0.4 is 10.5 Å². The van der Waals surface area contributed by atoms with E-state index in [2.05, 4.69) is 20.9 Å². The van der Waals surface area contributed by atoms with Crippen LogP contribution in [0.5, 0.6) is 11.5 Å². The highest BCUT2D eigenvalue weighted by Gasteiger charge is 2.10. The van der Waals surface area contributed by atoms with Gasteiger partial charge in [-0.2, -0.15) is 0 Å². The maximum atomic E-state index is 6.12. The first kappa shape index (κ1) is 14.4.